The highest BCUT2D eigenvalue weighted by molar-refractivity contribution is 6.00. The number of rotatable bonds is 6. The van der Waals surface area contributed by atoms with E-state index in [1.54, 1.807) is 0 Å². The molecule has 1 aromatic heterocycles. The average molecular weight is 443 g/mol. The van der Waals surface area contributed by atoms with Gasteiger partial charge in [-0.05, 0) is 60.9 Å². The van der Waals surface area contributed by atoms with Crippen molar-refractivity contribution in [3.05, 3.63) is 126 Å². The molecule has 0 spiro atoms. The molecule has 0 saturated carbocycles. The van der Waals surface area contributed by atoms with Gasteiger partial charge in [-0.1, -0.05) is 66.7 Å². The Morgan fingerprint density at radius 3 is 2.29 bits per heavy atom. The van der Waals surface area contributed by atoms with E-state index in [1.165, 1.54) is 16.5 Å². The highest BCUT2D eigenvalue weighted by Crippen LogP contribution is 2.27. The summed E-state index contributed by atoms with van der Waals surface area (Å²) in [7, 11) is 0. The maximum absolute atomic E-state index is 4.81. The first-order valence-electron chi connectivity index (χ1n) is 11.4. The summed E-state index contributed by atoms with van der Waals surface area (Å²) in [5.74, 6) is 0. The number of nitrogens with zero attached hydrogens (tertiary/aromatic N) is 4. The van der Waals surface area contributed by atoms with E-state index in [4.69, 9.17) is 4.99 Å². The van der Waals surface area contributed by atoms with Gasteiger partial charge in [0.25, 0.3) is 0 Å². The molecule has 0 radical (unpaired) electrons. The van der Waals surface area contributed by atoms with Gasteiger partial charge in [-0.25, -0.2) is 0 Å². The molecule has 4 heteroatoms. The molecule has 0 aliphatic heterocycles. The number of aliphatic imine (C=N–C) groups is 1. The molecule has 4 aromatic carbocycles. The van der Waals surface area contributed by atoms with Crippen LogP contribution in [0.1, 0.15) is 22.3 Å². The first-order valence-corrected chi connectivity index (χ1v) is 11.4. The molecule has 0 bridgehead atoms. The minimum absolute atomic E-state index is 0.819. The Labute approximate surface area is 200 Å². The number of para-hydroxylation sites is 1. The van der Waals surface area contributed by atoms with Crippen molar-refractivity contribution in [3.63, 3.8) is 0 Å². The second-order valence-electron chi connectivity index (χ2n) is 8.43. The van der Waals surface area contributed by atoms with Gasteiger partial charge in [-0.3, -0.25) is 4.99 Å². The molecule has 4 nitrogen and oxygen atoms in total. The van der Waals surface area contributed by atoms with Gasteiger partial charge in [0.2, 0.25) is 0 Å². The molecule has 166 valence electrons. The van der Waals surface area contributed by atoms with Crippen molar-refractivity contribution in [1.29, 1.82) is 0 Å². The quantitative estimate of drug-likeness (QED) is 0.187. The van der Waals surface area contributed by atoms with Gasteiger partial charge in [-0.15, -0.1) is 0 Å². The zero-order valence-electron chi connectivity index (χ0n) is 19.4. The van der Waals surface area contributed by atoms with E-state index in [2.05, 4.69) is 76.4 Å². The zero-order valence-corrected chi connectivity index (χ0v) is 19.4. The fraction of sp³-hybridized carbons (Fsp3) is 0.100. The third kappa shape index (κ3) is 4.71. The fourth-order valence-corrected chi connectivity index (χ4v) is 4.06. The molecule has 5 aromatic rings. The highest BCUT2D eigenvalue weighted by Gasteiger charge is 2.07. The molecule has 5 rings (SSSR count). The predicted octanol–water partition coefficient (Wildman–Crippen LogP) is 8.47. The third-order valence-corrected chi connectivity index (χ3v) is 5.93. The van der Waals surface area contributed by atoms with Crippen LogP contribution in [0, 0.1) is 13.8 Å². The molecule has 0 N–H and O–H groups in total. The van der Waals surface area contributed by atoms with E-state index in [-0.39, 0.29) is 0 Å². The predicted molar refractivity (Wildman–Crippen MR) is 141 cm³/mol. The maximum atomic E-state index is 4.81. The summed E-state index contributed by atoms with van der Waals surface area (Å²) in [6, 6.07) is 33.0. The largest absolute Gasteiger partial charge is 0.342 e. The third-order valence-electron chi connectivity index (χ3n) is 5.93. The second kappa shape index (κ2) is 9.67. The van der Waals surface area contributed by atoms with Crippen LogP contribution in [-0.4, -0.2) is 10.8 Å². The van der Waals surface area contributed by atoms with Crippen LogP contribution in [0.15, 0.2) is 118 Å². The lowest BCUT2D eigenvalue weighted by Crippen LogP contribution is -1.97. The molecule has 0 amide bonds. The number of azo groups is 1. The standard InChI is InChI=1S/C30H26N4/c1-22-10-6-8-14-29(22)33-32-26-16-17-28(23(2)18-26)31-19-25-21-34(20-24-11-4-3-5-12-24)30-15-9-7-13-27(25)30/h3-19,21H,20H2,1-2H3. The Morgan fingerprint density at radius 1 is 0.706 bits per heavy atom. The van der Waals surface area contributed by atoms with E-state index in [0.29, 0.717) is 0 Å². The van der Waals surface area contributed by atoms with Crippen LogP contribution in [0.3, 0.4) is 0 Å². The van der Waals surface area contributed by atoms with E-state index in [9.17, 15) is 0 Å². The summed E-state index contributed by atoms with van der Waals surface area (Å²) in [6.45, 7) is 4.92. The number of hydrogen-bond acceptors (Lipinski definition) is 3. The fourth-order valence-electron chi connectivity index (χ4n) is 4.06. The average Bonchev–Trinajstić information content (AvgIpc) is 3.21. The van der Waals surface area contributed by atoms with Crippen molar-refractivity contribution >= 4 is 34.2 Å². The monoisotopic (exact) mass is 442 g/mol. The Morgan fingerprint density at radius 2 is 1.47 bits per heavy atom. The molecule has 1 heterocycles. The van der Waals surface area contributed by atoms with E-state index < -0.39 is 0 Å². The van der Waals surface area contributed by atoms with Crippen molar-refractivity contribution in [2.45, 2.75) is 20.4 Å². The van der Waals surface area contributed by atoms with Crippen molar-refractivity contribution in [1.82, 2.24) is 4.57 Å². The van der Waals surface area contributed by atoms with Crippen LogP contribution in [0.25, 0.3) is 10.9 Å². The first-order chi connectivity index (χ1) is 16.7. The molecule has 0 aliphatic rings. The van der Waals surface area contributed by atoms with Gasteiger partial charge in [0.15, 0.2) is 0 Å². The van der Waals surface area contributed by atoms with Crippen LogP contribution in [0.2, 0.25) is 0 Å². The van der Waals surface area contributed by atoms with Gasteiger partial charge in [0.1, 0.15) is 0 Å². The maximum Gasteiger partial charge on any atom is 0.0886 e. The van der Waals surface area contributed by atoms with Gasteiger partial charge < -0.3 is 4.57 Å². The summed E-state index contributed by atoms with van der Waals surface area (Å²) < 4.78 is 2.29. The van der Waals surface area contributed by atoms with Gasteiger partial charge >= 0.3 is 0 Å². The van der Waals surface area contributed by atoms with Crippen LogP contribution in [-0.2, 0) is 6.54 Å². The minimum Gasteiger partial charge on any atom is -0.342 e. The Balaban J connectivity index is 1.40. The topological polar surface area (TPSA) is 42.0 Å². The van der Waals surface area contributed by atoms with Gasteiger partial charge in [-0.2, -0.15) is 10.2 Å². The van der Waals surface area contributed by atoms with Crippen molar-refractivity contribution in [2.75, 3.05) is 0 Å². The molecule has 0 aliphatic carbocycles. The molecule has 0 fully saturated rings. The van der Waals surface area contributed by atoms with Crippen LogP contribution >= 0.6 is 0 Å². The minimum atomic E-state index is 0.819. The van der Waals surface area contributed by atoms with Crippen molar-refractivity contribution < 1.29 is 0 Å². The van der Waals surface area contributed by atoms with Gasteiger partial charge in [0, 0.05) is 35.4 Å². The number of benzene rings is 4. The molecule has 0 atom stereocenters. The van der Waals surface area contributed by atoms with Crippen molar-refractivity contribution in [3.8, 4) is 0 Å². The number of aryl methyl sites for hydroxylation is 2. The van der Waals surface area contributed by atoms with Crippen LogP contribution in [0.4, 0.5) is 17.1 Å². The zero-order chi connectivity index (χ0) is 23.3. The highest BCUT2D eigenvalue weighted by atomic mass is 15.1. The van der Waals surface area contributed by atoms with Crippen LogP contribution < -0.4 is 0 Å². The first kappa shape index (κ1) is 21.5. The van der Waals surface area contributed by atoms with E-state index in [1.807, 2.05) is 61.7 Å². The summed E-state index contributed by atoms with van der Waals surface area (Å²) >= 11 is 0. The smallest absolute Gasteiger partial charge is 0.0886 e. The van der Waals surface area contributed by atoms with Crippen LogP contribution in [0.5, 0.6) is 0 Å². The lowest BCUT2D eigenvalue weighted by Gasteiger charge is -2.05. The normalized spacial score (nSPS) is 11.7. The molecule has 34 heavy (non-hydrogen) atoms. The number of hydrogen-bond donors (Lipinski definition) is 0. The summed E-state index contributed by atoms with van der Waals surface area (Å²) in [5, 5.41) is 10.0. The Hall–Kier alpha value is -4.31. The molecule has 0 saturated heterocycles. The second-order valence-corrected chi connectivity index (χ2v) is 8.43. The molecule has 0 unspecified atom stereocenters. The molecular weight excluding hydrogens is 416 g/mol. The van der Waals surface area contributed by atoms with Crippen molar-refractivity contribution in [2.24, 2.45) is 15.2 Å². The molecular formula is C30H26N4. The lowest BCUT2D eigenvalue weighted by molar-refractivity contribution is 0.836. The summed E-state index contributed by atoms with van der Waals surface area (Å²) in [6.07, 6.45) is 4.14. The Kier molecular flexibility index (Phi) is 6.13. The number of fused-ring (bicyclic) bond motifs is 1. The number of aromatic nitrogens is 1. The van der Waals surface area contributed by atoms with Gasteiger partial charge in [0.05, 0.1) is 17.1 Å². The SMILES string of the molecule is Cc1cc(N=Nc2ccccc2C)ccc1N=Cc1cn(Cc2ccccc2)c2ccccc12. The summed E-state index contributed by atoms with van der Waals surface area (Å²) in [4.78, 5) is 4.81. The lowest BCUT2D eigenvalue weighted by atomic mass is 10.1. The summed E-state index contributed by atoms with van der Waals surface area (Å²) in [5.41, 5.74) is 8.38. The van der Waals surface area contributed by atoms with E-state index >= 15 is 0 Å². The Bertz CT molecular complexity index is 1490. The van der Waals surface area contributed by atoms with E-state index in [0.717, 1.165) is 40.3 Å².